The highest BCUT2D eigenvalue weighted by atomic mass is 19.1. The molecule has 0 radical (unpaired) electrons. The molecule has 70 heavy (non-hydrogen) atoms. The SMILES string of the molecule is CC(C)[C@@H]1C(=O)N2CCC[C@H]2[C@]2(O)O[C@](NC(=O)[C@@H]3C=C4c5cccc6[nH]cc(c56)C[C@H]4N(C)C3)(C(C)C)C(=O)N12.C[C@]12CC[C@@H]3c4ccc(O)c(F)c4CC[C@H]3[C@@H]1CC[C@@H]2O.O=C(O)/C=C\C(=O)O. The van der Waals surface area contributed by atoms with Crippen LogP contribution in [0.2, 0.25) is 0 Å². The van der Waals surface area contributed by atoms with Crippen molar-refractivity contribution < 1.29 is 58.6 Å². The van der Waals surface area contributed by atoms with Gasteiger partial charge < -0.3 is 40.7 Å². The van der Waals surface area contributed by atoms with Crippen molar-refractivity contribution in [2.75, 3.05) is 20.1 Å². The highest BCUT2D eigenvalue weighted by Crippen LogP contribution is 2.61. The third kappa shape index (κ3) is 7.91. The van der Waals surface area contributed by atoms with Gasteiger partial charge >= 0.3 is 11.9 Å². The third-order valence-electron chi connectivity index (χ3n) is 17.2. The minimum atomic E-state index is -2.01. The molecule has 0 bridgehead atoms. The summed E-state index contributed by atoms with van der Waals surface area (Å²) in [7, 11) is 2.03. The fraction of sp³-hybridized carbons (Fsp3) is 0.566. The number of nitrogens with one attached hydrogen (secondary N) is 2. The number of hydrogen-bond acceptors (Lipinski definition) is 10. The number of aliphatic carboxylic acids is 2. The van der Waals surface area contributed by atoms with E-state index in [4.69, 9.17) is 14.9 Å². The molecule has 7 N–H and O–H groups in total. The number of hydrogen-bond donors (Lipinski definition) is 7. The van der Waals surface area contributed by atoms with Crippen LogP contribution in [0.1, 0.15) is 108 Å². The first-order valence-corrected chi connectivity index (χ1v) is 24.8. The van der Waals surface area contributed by atoms with Gasteiger partial charge in [-0.3, -0.25) is 28.9 Å². The average molecular weight is 968 g/mol. The molecule has 4 aliphatic carbocycles. The molecule has 11 rings (SSSR count). The van der Waals surface area contributed by atoms with Crippen LogP contribution in [0.25, 0.3) is 16.5 Å². The Morgan fingerprint density at radius 1 is 1.00 bits per heavy atom. The Labute approximate surface area is 406 Å². The number of aromatic nitrogens is 1. The second-order valence-electron chi connectivity index (χ2n) is 21.7. The number of piperazine rings is 1. The number of benzene rings is 2. The summed E-state index contributed by atoms with van der Waals surface area (Å²) in [6.45, 7) is 10.6. The average Bonchev–Trinajstić information content (AvgIpc) is 4.10. The highest BCUT2D eigenvalue weighted by Gasteiger charge is 2.72. The summed E-state index contributed by atoms with van der Waals surface area (Å²) in [6.07, 6.45) is 13.0. The Kier molecular flexibility index (Phi) is 12.8. The van der Waals surface area contributed by atoms with Crippen LogP contribution in [0.3, 0.4) is 0 Å². The number of rotatable bonds is 6. The van der Waals surface area contributed by atoms with Gasteiger partial charge in [0.2, 0.25) is 17.5 Å². The number of aromatic amines is 1. The van der Waals surface area contributed by atoms with E-state index in [1.54, 1.807) is 18.7 Å². The summed E-state index contributed by atoms with van der Waals surface area (Å²) in [6, 6.07) is 8.24. The van der Waals surface area contributed by atoms with Gasteiger partial charge in [-0.1, -0.05) is 58.9 Å². The van der Waals surface area contributed by atoms with Crippen LogP contribution in [0.15, 0.2) is 54.8 Å². The van der Waals surface area contributed by atoms with Crippen LogP contribution in [-0.2, 0) is 41.6 Å². The third-order valence-corrected chi connectivity index (χ3v) is 17.2. The molecular weight excluding hydrogens is 902 g/mol. The van der Waals surface area contributed by atoms with Crippen molar-refractivity contribution in [1.82, 2.24) is 25.0 Å². The molecule has 5 heterocycles. The number of phenolic OH excluding ortho intramolecular Hbond substituents is 1. The van der Waals surface area contributed by atoms with Crippen molar-refractivity contribution in [3.63, 3.8) is 0 Å². The molecule has 0 unspecified atom stereocenters. The number of phenols is 1. The summed E-state index contributed by atoms with van der Waals surface area (Å²) in [4.78, 5) is 69.5. The van der Waals surface area contributed by atoms with Gasteiger partial charge in [-0.15, -0.1) is 0 Å². The van der Waals surface area contributed by atoms with Gasteiger partial charge in [-0.2, -0.15) is 0 Å². The molecule has 1 aromatic heterocycles. The number of H-pyrrole nitrogens is 1. The molecule has 16 nitrogen and oxygen atoms in total. The number of aliphatic hydroxyl groups excluding tert-OH is 1. The molecule has 3 amide bonds. The lowest BCUT2D eigenvalue weighted by atomic mass is 9.55. The number of likely N-dealkylation sites (N-methyl/N-ethyl adjacent to an activating group) is 1. The van der Waals surface area contributed by atoms with Gasteiger partial charge in [0.25, 0.3) is 11.8 Å². The van der Waals surface area contributed by atoms with Gasteiger partial charge in [0.1, 0.15) is 12.1 Å². The smallest absolute Gasteiger partial charge is 0.328 e. The maximum atomic E-state index is 14.3. The molecule has 5 fully saturated rings. The van der Waals surface area contributed by atoms with Crippen LogP contribution in [0.4, 0.5) is 4.39 Å². The summed E-state index contributed by atoms with van der Waals surface area (Å²) in [5.74, 6) is -5.96. The molecule has 3 aromatic rings. The van der Waals surface area contributed by atoms with E-state index in [2.05, 4.69) is 40.5 Å². The molecule has 3 saturated heterocycles. The lowest BCUT2D eigenvalue weighted by Gasteiger charge is -2.50. The van der Waals surface area contributed by atoms with Crippen molar-refractivity contribution >= 4 is 46.1 Å². The van der Waals surface area contributed by atoms with Gasteiger partial charge in [-0.05, 0) is 134 Å². The second-order valence-corrected chi connectivity index (χ2v) is 21.7. The van der Waals surface area contributed by atoms with Crippen molar-refractivity contribution in [3.8, 4) is 5.75 Å². The number of carbonyl (C=O) groups excluding carboxylic acids is 3. The number of fused-ring (bicyclic) bond motifs is 10. The first kappa shape index (κ1) is 49.4. The van der Waals surface area contributed by atoms with Crippen molar-refractivity contribution in [2.24, 2.45) is 35.0 Å². The zero-order valence-electron chi connectivity index (χ0n) is 40.7. The Balaban J connectivity index is 0.000000173. The largest absolute Gasteiger partial charge is 0.505 e. The molecule has 376 valence electrons. The minimum Gasteiger partial charge on any atom is -0.505 e. The van der Waals surface area contributed by atoms with E-state index < -0.39 is 59.2 Å². The molecule has 0 spiro atoms. The summed E-state index contributed by atoms with van der Waals surface area (Å²) < 4.78 is 20.6. The Bertz CT molecular complexity index is 2670. The van der Waals surface area contributed by atoms with Crippen LogP contribution in [0, 0.1) is 40.8 Å². The fourth-order valence-electron chi connectivity index (χ4n) is 13.7. The Morgan fingerprint density at radius 3 is 2.41 bits per heavy atom. The van der Waals surface area contributed by atoms with E-state index >= 15 is 0 Å². The number of amides is 3. The van der Waals surface area contributed by atoms with Crippen molar-refractivity contribution in [2.45, 2.75) is 134 Å². The standard InChI is InChI=1S/C31H39N5O5.C18H23FO2.C4H4O4/c1-16(2)26-28(38)35-11-7-10-24(35)31(40)36(26)29(39)30(41-31,17(3)4)33-27(37)19-12-21-20-8-6-9-22-25(20)18(14-32-22)13-23(21)34(5)15-19;1-18-9-8-11-10-4-6-15(20)17(19)13(10)3-2-12(11)14(18)5-7-16(18)21;5-3(6)1-2-4(7)8/h6,8-9,12,14,16-17,19,23-24,26,32,40H,7,10-11,13,15H2,1-5H3,(H,33,37);4,6,11-12,14,16,20-21H,2-3,5,7-9H2,1H3;1-2H,(H,5,6)(H,7,8)/b;;2-1-/t19-,23-,24+,26-,30-,31+;11-,12-,14+,16+,18+;/m11./s1. The zero-order chi connectivity index (χ0) is 50.4. The van der Waals surface area contributed by atoms with E-state index in [-0.39, 0.29) is 41.0 Å². The molecule has 8 aliphatic rings. The quantitative estimate of drug-likeness (QED) is 0.152. The second kappa shape index (κ2) is 18.2. The van der Waals surface area contributed by atoms with Crippen LogP contribution < -0.4 is 5.32 Å². The minimum absolute atomic E-state index is 0.0636. The predicted octanol–water partition coefficient (Wildman–Crippen LogP) is 5.50. The normalized spacial score (nSPS) is 33.8. The van der Waals surface area contributed by atoms with E-state index in [9.17, 15) is 43.7 Å². The topological polar surface area (TPSA) is 233 Å². The summed E-state index contributed by atoms with van der Waals surface area (Å²) >= 11 is 0. The number of ether oxygens (including phenoxy) is 1. The van der Waals surface area contributed by atoms with Gasteiger partial charge in [0.05, 0.1) is 12.0 Å². The first-order valence-electron chi connectivity index (χ1n) is 24.8. The Morgan fingerprint density at radius 2 is 1.73 bits per heavy atom. The van der Waals surface area contributed by atoms with E-state index in [0.717, 1.165) is 72.7 Å². The molecule has 11 atom stereocenters. The zero-order valence-corrected chi connectivity index (χ0v) is 40.7. The molecule has 4 aliphatic heterocycles. The number of carbonyl (C=O) groups is 5. The lowest BCUT2D eigenvalue weighted by molar-refractivity contribution is -0.323. The van der Waals surface area contributed by atoms with Crippen LogP contribution in [0.5, 0.6) is 5.75 Å². The fourth-order valence-corrected chi connectivity index (χ4v) is 13.7. The number of halogens is 1. The van der Waals surface area contributed by atoms with Crippen molar-refractivity contribution in [1.29, 1.82) is 0 Å². The van der Waals surface area contributed by atoms with Gasteiger partial charge in [-0.25, -0.2) is 14.0 Å². The highest BCUT2D eigenvalue weighted by molar-refractivity contribution is 6.01. The maximum Gasteiger partial charge on any atom is 0.328 e. The predicted molar refractivity (Wildman–Crippen MR) is 255 cm³/mol. The summed E-state index contributed by atoms with van der Waals surface area (Å²) in [5.41, 5.74) is 4.70. The maximum absolute atomic E-state index is 14.3. The van der Waals surface area contributed by atoms with E-state index in [0.29, 0.717) is 55.8 Å². The Hall–Kier alpha value is -5.62. The van der Waals surface area contributed by atoms with Crippen LogP contribution >= 0.6 is 0 Å². The number of nitrogens with zero attached hydrogens (tertiary/aromatic N) is 3. The van der Waals surface area contributed by atoms with Crippen molar-refractivity contribution in [3.05, 3.63) is 82.8 Å². The summed E-state index contributed by atoms with van der Waals surface area (Å²) in [5, 5.41) is 51.8. The first-order chi connectivity index (χ1) is 33.1. The number of aliphatic hydroxyl groups is 2. The lowest BCUT2D eigenvalue weighted by Crippen LogP contribution is -2.72. The monoisotopic (exact) mass is 967 g/mol. The van der Waals surface area contributed by atoms with Crippen LogP contribution in [-0.4, -0.2) is 131 Å². The van der Waals surface area contributed by atoms with E-state index in [1.807, 2.05) is 39.1 Å². The van der Waals surface area contributed by atoms with Gasteiger partial charge in [0.15, 0.2) is 11.6 Å². The molecule has 17 heteroatoms. The number of carboxylic acid groups (broad SMARTS) is 2. The van der Waals surface area contributed by atoms with E-state index in [1.165, 1.54) is 21.9 Å². The molecular formula is C53H66FN5O11. The molecule has 2 saturated carbocycles. The molecule has 2 aromatic carbocycles. The van der Waals surface area contributed by atoms with Gasteiger partial charge in [0, 0.05) is 54.3 Å². The number of aromatic hydroxyl groups is 1. The number of carboxylic acids is 2.